The number of benzene rings is 3. The summed E-state index contributed by atoms with van der Waals surface area (Å²) in [4.78, 5) is 32.8. The summed E-state index contributed by atoms with van der Waals surface area (Å²) in [5.41, 5.74) is 1.84. The standard InChI is InChI=1S/C39H42FN5O5/c1-26-14-19-44(20-15-26)18-7-21-49-36-25-32-30(24-35(36)48-3)33(13-17-41-32)50-34-11-10-29(23-31(34)40)45-37(46)22-27(2)38(43-45)39(47)42-16-12-28-8-5-4-6-9-28/h4-6,8-11,13,17,22-26H,7,12,14-16,18-21H2,1-3H3,(H,42,47). The van der Waals surface area contributed by atoms with E-state index in [1.165, 1.54) is 31.0 Å². The molecule has 0 spiro atoms. The van der Waals surface area contributed by atoms with Gasteiger partial charge in [0.2, 0.25) is 0 Å². The lowest BCUT2D eigenvalue weighted by atomic mass is 9.99. The number of fused-ring (bicyclic) bond motifs is 1. The average Bonchev–Trinajstić information content (AvgIpc) is 3.12. The quantitative estimate of drug-likeness (QED) is 0.141. The van der Waals surface area contributed by atoms with E-state index in [2.05, 4.69) is 27.2 Å². The first-order valence-electron chi connectivity index (χ1n) is 17.0. The fraction of sp³-hybridized carbons (Fsp3) is 0.333. The van der Waals surface area contributed by atoms with Crippen LogP contribution in [0.1, 0.15) is 47.8 Å². The maximum absolute atomic E-state index is 15.5. The van der Waals surface area contributed by atoms with E-state index in [0.717, 1.165) is 48.3 Å². The first kappa shape index (κ1) is 34.6. The monoisotopic (exact) mass is 679 g/mol. The van der Waals surface area contributed by atoms with Gasteiger partial charge in [-0.25, -0.2) is 4.39 Å². The summed E-state index contributed by atoms with van der Waals surface area (Å²) in [5, 5.41) is 7.76. The number of piperidine rings is 1. The van der Waals surface area contributed by atoms with Gasteiger partial charge < -0.3 is 24.4 Å². The minimum absolute atomic E-state index is 0.0633. The lowest BCUT2D eigenvalue weighted by Gasteiger charge is -2.30. The molecule has 1 aliphatic heterocycles. The van der Waals surface area contributed by atoms with E-state index in [9.17, 15) is 9.59 Å². The van der Waals surface area contributed by atoms with Gasteiger partial charge in [0.25, 0.3) is 11.5 Å². The summed E-state index contributed by atoms with van der Waals surface area (Å²) >= 11 is 0. The number of methoxy groups -OCH3 is 1. The molecule has 11 heteroatoms. The largest absolute Gasteiger partial charge is 0.493 e. The molecule has 0 bridgehead atoms. The lowest BCUT2D eigenvalue weighted by molar-refractivity contribution is 0.0946. The summed E-state index contributed by atoms with van der Waals surface area (Å²) < 4.78 is 34.3. The molecule has 0 aliphatic carbocycles. The fourth-order valence-electron chi connectivity index (χ4n) is 6.07. The number of halogens is 1. The Morgan fingerprint density at radius 3 is 2.54 bits per heavy atom. The van der Waals surface area contributed by atoms with Crippen LogP contribution in [0, 0.1) is 18.7 Å². The van der Waals surface area contributed by atoms with Crippen LogP contribution in [0.2, 0.25) is 0 Å². The second-order valence-electron chi connectivity index (χ2n) is 12.7. The Morgan fingerprint density at radius 1 is 0.980 bits per heavy atom. The van der Waals surface area contributed by atoms with Crippen molar-refractivity contribution in [2.75, 3.05) is 39.9 Å². The topological polar surface area (TPSA) is 108 Å². The molecule has 260 valence electrons. The number of ether oxygens (including phenoxy) is 3. The van der Waals surface area contributed by atoms with Crippen LogP contribution >= 0.6 is 0 Å². The number of carbonyl (C=O) groups excluding carboxylic acids is 1. The van der Waals surface area contributed by atoms with Gasteiger partial charge in [0.15, 0.2) is 28.8 Å². The SMILES string of the molecule is COc1cc2c(Oc3ccc(-n4nc(C(=O)NCCc5ccccc5)c(C)cc4=O)cc3F)ccnc2cc1OCCCN1CCC(C)CC1. The van der Waals surface area contributed by atoms with Crippen molar-refractivity contribution in [2.45, 2.75) is 39.5 Å². The molecule has 10 nitrogen and oxygen atoms in total. The van der Waals surface area contributed by atoms with Crippen LogP contribution in [0.4, 0.5) is 4.39 Å². The molecule has 1 saturated heterocycles. The molecule has 5 aromatic rings. The van der Waals surface area contributed by atoms with Crippen LogP contribution in [0.5, 0.6) is 23.0 Å². The van der Waals surface area contributed by atoms with Crippen molar-refractivity contribution in [3.63, 3.8) is 0 Å². The van der Waals surface area contributed by atoms with Gasteiger partial charge in [-0.05, 0) is 87.0 Å². The maximum atomic E-state index is 15.5. The zero-order valence-corrected chi connectivity index (χ0v) is 28.7. The Labute approximate surface area is 290 Å². The van der Waals surface area contributed by atoms with Crippen molar-refractivity contribution < 1.29 is 23.4 Å². The van der Waals surface area contributed by atoms with Crippen molar-refractivity contribution in [1.82, 2.24) is 25.0 Å². The van der Waals surface area contributed by atoms with Crippen molar-refractivity contribution in [3.8, 4) is 28.7 Å². The molecule has 0 unspecified atom stereocenters. The van der Waals surface area contributed by atoms with E-state index >= 15 is 4.39 Å². The molecule has 0 saturated carbocycles. The Bertz CT molecular complexity index is 2010. The number of pyridine rings is 1. The number of amides is 1. The third-order valence-corrected chi connectivity index (χ3v) is 9.00. The fourth-order valence-corrected chi connectivity index (χ4v) is 6.07. The average molecular weight is 680 g/mol. The van der Waals surface area contributed by atoms with E-state index in [-0.39, 0.29) is 17.1 Å². The highest BCUT2D eigenvalue weighted by Crippen LogP contribution is 2.38. The van der Waals surface area contributed by atoms with Crippen LogP contribution in [0.15, 0.2) is 83.8 Å². The van der Waals surface area contributed by atoms with E-state index in [1.807, 2.05) is 30.3 Å². The highest BCUT2D eigenvalue weighted by molar-refractivity contribution is 5.93. The number of hydrogen-bond acceptors (Lipinski definition) is 8. The number of likely N-dealkylation sites (tertiary alicyclic amines) is 1. The first-order valence-corrected chi connectivity index (χ1v) is 17.0. The molecule has 3 aromatic carbocycles. The molecule has 1 fully saturated rings. The molecule has 1 amide bonds. The number of carbonyl (C=O) groups is 1. The third-order valence-electron chi connectivity index (χ3n) is 9.00. The van der Waals surface area contributed by atoms with E-state index < -0.39 is 17.3 Å². The Morgan fingerprint density at radius 2 is 1.78 bits per heavy atom. The Hall–Kier alpha value is -5.29. The summed E-state index contributed by atoms with van der Waals surface area (Å²) in [6, 6.07) is 20.4. The molecular formula is C39H42FN5O5. The highest BCUT2D eigenvalue weighted by Gasteiger charge is 2.18. The number of rotatable bonds is 13. The van der Waals surface area contributed by atoms with Crippen LogP contribution in [0.25, 0.3) is 16.6 Å². The molecule has 1 N–H and O–H groups in total. The van der Waals surface area contributed by atoms with Crippen molar-refractivity contribution in [2.24, 2.45) is 5.92 Å². The Balaban J connectivity index is 1.14. The van der Waals surface area contributed by atoms with Gasteiger partial charge in [-0.3, -0.25) is 14.6 Å². The van der Waals surface area contributed by atoms with E-state index in [0.29, 0.717) is 53.3 Å². The van der Waals surface area contributed by atoms with Gasteiger partial charge in [-0.2, -0.15) is 9.78 Å². The molecule has 0 atom stereocenters. The number of nitrogens with zero attached hydrogens (tertiary/aromatic N) is 4. The van der Waals surface area contributed by atoms with Crippen LogP contribution in [0.3, 0.4) is 0 Å². The first-order chi connectivity index (χ1) is 24.3. The third kappa shape index (κ3) is 8.28. The molecule has 1 aliphatic rings. The second-order valence-corrected chi connectivity index (χ2v) is 12.7. The number of nitrogens with one attached hydrogen (secondary N) is 1. The maximum Gasteiger partial charge on any atom is 0.272 e. The number of hydrogen-bond donors (Lipinski definition) is 1. The van der Waals surface area contributed by atoms with E-state index in [4.69, 9.17) is 14.2 Å². The zero-order valence-electron chi connectivity index (χ0n) is 28.7. The van der Waals surface area contributed by atoms with E-state index in [1.54, 1.807) is 38.4 Å². The number of aryl methyl sites for hydroxylation is 1. The summed E-state index contributed by atoms with van der Waals surface area (Å²) in [6.45, 7) is 8.14. The van der Waals surface area contributed by atoms with Crippen molar-refractivity contribution in [1.29, 1.82) is 0 Å². The van der Waals surface area contributed by atoms with Gasteiger partial charge >= 0.3 is 0 Å². The van der Waals surface area contributed by atoms with Crippen LogP contribution < -0.4 is 25.1 Å². The highest BCUT2D eigenvalue weighted by atomic mass is 19.1. The van der Waals surface area contributed by atoms with Gasteiger partial charge in [0.05, 0.1) is 24.9 Å². The van der Waals surface area contributed by atoms with Crippen LogP contribution in [-0.2, 0) is 6.42 Å². The van der Waals surface area contributed by atoms with Crippen molar-refractivity contribution >= 4 is 16.8 Å². The lowest BCUT2D eigenvalue weighted by Crippen LogP contribution is -2.34. The van der Waals surface area contributed by atoms with Crippen LogP contribution in [-0.4, -0.2) is 65.5 Å². The summed E-state index contributed by atoms with van der Waals surface area (Å²) in [7, 11) is 1.57. The molecular weight excluding hydrogens is 637 g/mol. The summed E-state index contributed by atoms with van der Waals surface area (Å²) in [6.07, 6.45) is 5.61. The van der Waals surface area contributed by atoms with Gasteiger partial charge in [-0.15, -0.1) is 0 Å². The molecule has 0 radical (unpaired) electrons. The molecule has 50 heavy (non-hydrogen) atoms. The predicted molar refractivity (Wildman–Crippen MR) is 190 cm³/mol. The van der Waals surface area contributed by atoms with Gasteiger partial charge in [0, 0.05) is 42.9 Å². The molecule has 3 heterocycles. The zero-order chi connectivity index (χ0) is 35.0. The second kappa shape index (κ2) is 15.9. The minimum atomic E-state index is -0.717. The predicted octanol–water partition coefficient (Wildman–Crippen LogP) is 6.50. The van der Waals surface area contributed by atoms with Crippen molar-refractivity contribution in [3.05, 3.63) is 112 Å². The smallest absolute Gasteiger partial charge is 0.272 e. The summed E-state index contributed by atoms with van der Waals surface area (Å²) in [5.74, 6) is 1.06. The Kier molecular flexibility index (Phi) is 11.0. The van der Waals surface area contributed by atoms with Gasteiger partial charge in [-0.1, -0.05) is 37.3 Å². The normalized spacial score (nSPS) is 13.7. The minimum Gasteiger partial charge on any atom is -0.493 e. The molecule has 2 aromatic heterocycles. The molecule has 6 rings (SSSR count). The number of aromatic nitrogens is 3. The van der Waals surface area contributed by atoms with Gasteiger partial charge in [0.1, 0.15) is 5.75 Å².